The molecule has 0 aliphatic carbocycles. The van der Waals surface area contributed by atoms with Crippen LogP contribution in [0.25, 0.3) is 5.69 Å². The van der Waals surface area contributed by atoms with Gasteiger partial charge >= 0.3 is 6.03 Å². The first kappa shape index (κ1) is 27.8. The molecule has 5 rings (SSSR count). The molecule has 11 heteroatoms. The largest absolute Gasteiger partial charge is 0.392 e. The van der Waals surface area contributed by atoms with Gasteiger partial charge in [-0.1, -0.05) is 73.3 Å². The average molecular weight is 561 g/mol. The van der Waals surface area contributed by atoms with E-state index in [4.69, 9.17) is 9.47 Å². The van der Waals surface area contributed by atoms with Gasteiger partial charge in [0, 0.05) is 29.5 Å². The van der Waals surface area contributed by atoms with E-state index in [-0.39, 0.29) is 30.8 Å². The molecule has 3 aromatic carbocycles. The Morgan fingerprint density at radius 2 is 1.82 bits per heavy atom. The lowest BCUT2D eigenvalue weighted by molar-refractivity contribution is -0.268. The van der Waals surface area contributed by atoms with Crippen molar-refractivity contribution in [2.75, 3.05) is 17.6 Å². The highest BCUT2D eigenvalue weighted by atomic mass is 32.2. The monoisotopic (exact) mass is 560 g/mol. The summed E-state index contributed by atoms with van der Waals surface area (Å²) in [6.45, 7) is 4.49. The van der Waals surface area contributed by atoms with E-state index in [1.807, 2.05) is 85.8 Å². The van der Waals surface area contributed by atoms with E-state index in [2.05, 4.69) is 33.1 Å². The molecule has 0 radical (unpaired) electrons. The molecular formula is C29H32N6O4S. The van der Waals surface area contributed by atoms with E-state index in [0.717, 1.165) is 22.4 Å². The van der Waals surface area contributed by atoms with E-state index in [1.165, 1.54) is 11.8 Å². The zero-order valence-corrected chi connectivity index (χ0v) is 23.1. The minimum absolute atomic E-state index is 0.00132. The van der Waals surface area contributed by atoms with Gasteiger partial charge in [-0.05, 0) is 52.7 Å². The van der Waals surface area contributed by atoms with Crippen molar-refractivity contribution in [2.45, 2.75) is 44.1 Å². The van der Waals surface area contributed by atoms with E-state index >= 15 is 0 Å². The number of hydrogen-bond donors (Lipinski definition) is 3. The molecule has 2 amide bonds. The van der Waals surface area contributed by atoms with Gasteiger partial charge < -0.3 is 25.2 Å². The summed E-state index contributed by atoms with van der Waals surface area (Å²) in [6, 6.07) is 24.8. The number of ether oxygens (including phenoxy) is 2. The van der Waals surface area contributed by atoms with Crippen molar-refractivity contribution in [1.29, 1.82) is 0 Å². The van der Waals surface area contributed by atoms with Crippen LogP contribution in [0.1, 0.15) is 42.9 Å². The number of carbonyl (C=O) groups excluding carboxylic acids is 1. The van der Waals surface area contributed by atoms with Crippen molar-refractivity contribution >= 4 is 23.5 Å². The number of aliphatic hydroxyl groups excluding tert-OH is 1. The van der Waals surface area contributed by atoms with Crippen molar-refractivity contribution in [3.63, 3.8) is 0 Å². The molecule has 1 saturated heterocycles. The molecule has 1 aliphatic heterocycles. The minimum atomic E-state index is -0.662. The fraction of sp³-hybridized carbons (Fsp3) is 0.310. The number of aromatic nitrogens is 4. The average Bonchev–Trinajstić information content (AvgIpc) is 3.46. The molecule has 2 heterocycles. The normalized spacial score (nSPS) is 20.7. The first-order valence-electron chi connectivity index (χ1n) is 13.2. The Hall–Kier alpha value is -3.77. The maximum atomic E-state index is 12.1. The number of para-hydroxylation sites is 1. The molecule has 0 saturated carbocycles. The van der Waals surface area contributed by atoms with Gasteiger partial charge in [0.2, 0.25) is 5.16 Å². The number of amides is 2. The molecule has 1 fully saturated rings. The number of tetrazole rings is 1. The zero-order chi connectivity index (χ0) is 27.9. The molecule has 3 N–H and O–H groups in total. The van der Waals surface area contributed by atoms with Gasteiger partial charge in [0.15, 0.2) is 6.29 Å². The lowest BCUT2D eigenvalue weighted by atomic mass is 9.91. The maximum absolute atomic E-state index is 12.1. The molecule has 1 aromatic heterocycles. The third-order valence-corrected chi connectivity index (χ3v) is 7.70. The van der Waals surface area contributed by atoms with Crippen LogP contribution in [-0.2, 0) is 16.1 Å². The van der Waals surface area contributed by atoms with Crippen LogP contribution in [0.5, 0.6) is 0 Å². The summed E-state index contributed by atoms with van der Waals surface area (Å²) in [5.41, 5.74) is 4.16. The molecule has 4 aromatic rings. The fourth-order valence-corrected chi connectivity index (χ4v) is 5.62. The summed E-state index contributed by atoms with van der Waals surface area (Å²) in [7, 11) is 0. The molecule has 208 valence electrons. The minimum Gasteiger partial charge on any atom is -0.392 e. The van der Waals surface area contributed by atoms with Crippen LogP contribution in [0.3, 0.4) is 0 Å². The summed E-state index contributed by atoms with van der Waals surface area (Å²) in [5.74, 6) is 0.595. The second kappa shape index (κ2) is 13.1. The molecular weight excluding hydrogens is 528 g/mol. The van der Waals surface area contributed by atoms with Crippen molar-refractivity contribution in [2.24, 2.45) is 5.92 Å². The summed E-state index contributed by atoms with van der Waals surface area (Å²) in [4.78, 5) is 12.1. The lowest BCUT2D eigenvalue weighted by Gasteiger charge is -2.41. The van der Waals surface area contributed by atoms with Gasteiger partial charge in [-0.2, -0.15) is 4.68 Å². The zero-order valence-electron chi connectivity index (χ0n) is 22.3. The number of rotatable bonds is 9. The topological polar surface area (TPSA) is 123 Å². The first-order chi connectivity index (χ1) is 19.6. The summed E-state index contributed by atoms with van der Waals surface area (Å²) < 4.78 is 14.8. The van der Waals surface area contributed by atoms with E-state index in [1.54, 1.807) is 4.68 Å². The van der Waals surface area contributed by atoms with Gasteiger partial charge in [0.1, 0.15) is 0 Å². The Bertz CT molecular complexity index is 1400. The van der Waals surface area contributed by atoms with Crippen LogP contribution in [0.15, 0.2) is 84.0 Å². The number of thioether (sulfide) groups is 1. The van der Waals surface area contributed by atoms with E-state index in [0.29, 0.717) is 23.1 Å². The second-order valence-electron chi connectivity index (χ2n) is 9.45. The second-order valence-corrected chi connectivity index (χ2v) is 10.4. The molecule has 4 atom stereocenters. The van der Waals surface area contributed by atoms with Gasteiger partial charge in [0.25, 0.3) is 0 Å². The number of nitrogens with zero attached hydrogens (tertiary/aromatic N) is 4. The molecule has 0 bridgehead atoms. The molecule has 0 unspecified atom stereocenters. The molecule has 10 nitrogen and oxygen atoms in total. The smallest absolute Gasteiger partial charge is 0.319 e. The van der Waals surface area contributed by atoms with Crippen LogP contribution in [-0.4, -0.2) is 49.7 Å². The molecule has 0 spiro atoms. The van der Waals surface area contributed by atoms with Crippen molar-refractivity contribution in [1.82, 2.24) is 25.5 Å². The number of anilines is 1. The Balaban J connectivity index is 1.39. The fourth-order valence-electron chi connectivity index (χ4n) is 4.57. The number of hydrogen-bond acceptors (Lipinski definition) is 8. The van der Waals surface area contributed by atoms with Gasteiger partial charge in [-0.15, -0.1) is 5.10 Å². The quantitative estimate of drug-likeness (QED) is 0.248. The number of benzene rings is 3. The predicted molar refractivity (Wildman–Crippen MR) is 152 cm³/mol. The number of nitrogens with one attached hydrogen (secondary N) is 2. The highest BCUT2D eigenvalue weighted by molar-refractivity contribution is 7.99. The van der Waals surface area contributed by atoms with Crippen LogP contribution < -0.4 is 10.6 Å². The third kappa shape index (κ3) is 6.50. The first-order valence-corrected chi connectivity index (χ1v) is 14.2. The predicted octanol–water partition coefficient (Wildman–Crippen LogP) is 4.88. The molecule has 1 aliphatic rings. The van der Waals surface area contributed by atoms with Crippen molar-refractivity contribution in [3.05, 3.63) is 95.6 Å². The third-order valence-electron chi connectivity index (χ3n) is 6.70. The summed E-state index contributed by atoms with van der Waals surface area (Å²) >= 11 is 1.52. The van der Waals surface area contributed by atoms with Crippen LogP contribution in [0.4, 0.5) is 10.5 Å². The van der Waals surface area contributed by atoms with Gasteiger partial charge in [-0.25, -0.2) is 4.79 Å². The Morgan fingerprint density at radius 3 is 2.58 bits per heavy atom. The van der Waals surface area contributed by atoms with Crippen LogP contribution >= 0.6 is 11.8 Å². The maximum Gasteiger partial charge on any atom is 0.319 e. The summed E-state index contributed by atoms with van der Waals surface area (Å²) in [6.07, 6.45) is -1.13. The van der Waals surface area contributed by atoms with E-state index < -0.39 is 6.29 Å². The lowest BCUT2D eigenvalue weighted by Crippen LogP contribution is -2.38. The van der Waals surface area contributed by atoms with Crippen molar-refractivity contribution in [3.8, 4) is 5.69 Å². The van der Waals surface area contributed by atoms with E-state index in [9.17, 15) is 9.90 Å². The standard InChI is InChI=1S/C29H32N6O4S/c1-3-30-28(37)31-23-9-7-8-22(16-23)27-38-25(19(2)26(39-27)21-14-12-20(17-36)13-15-21)18-40-29-32-33-34-35(29)24-10-5-4-6-11-24/h4-16,19,25-27,36H,3,17-18H2,1-2H3,(H2,30,31,37)/t19-,25+,26+,27+/m1/s1. The van der Waals surface area contributed by atoms with Gasteiger partial charge in [-0.3, -0.25) is 0 Å². The number of carbonyl (C=O) groups is 1. The SMILES string of the molecule is CCNC(=O)Nc1cccc([C@H]2O[C@@H](CSc3nnnn3-c3ccccc3)[C@@H](C)[C@@H](c3ccc(CO)cc3)O2)c1. The summed E-state index contributed by atoms with van der Waals surface area (Å²) in [5, 5.41) is 28.1. The van der Waals surface area contributed by atoms with Crippen molar-refractivity contribution < 1.29 is 19.4 Å². The molecule has 40 heavy (non-hydrogen) atoms. The van der Waals surface area contributed by atoms with Gasteiger partial charge in [0.05, 0.1) is 24.5 Å². The highest BCUT2D eigenvalue weighted by Crippen LogP contribution is 2.43. The Morgan fingerprint density at radius 1 is 1.02 bits per heavy atom. The number of urea groups is 1. The Labute approximate surface area is 237 Å². The highest BCUT2D eigenvalue weighted by Gasteiger charge is 2.38. The van der Waals surface area contributed by atoms with Crippen LogP contribution in [0, 0.1) is 5.92 Å². The Kier molecular flexibility index (Phi) is 9.07. The van der Waals surface area contributed by atoms with Crippen LogP contribution in [0.2, 0.25) is 0 Å². The number of aliphatic hydroxyl groups is 1.